The Labute approximate surface area is 481 Å². The van der Waals surface area contributed by atoms with Gasteiger partial charge in [0.2, 0.25) is 5.91 Å². The Morgan fingerprint density at radius 1 is 0.519 bits per heavy atom. The number of hydrogen-bond donors (Lipinski definition) is 3. The Bertz CT molecular complexity index is 2230. The van der Waals surface area contributed by atoms with Gasteiger partial charge in [-0.1, -0.05) is 216 Å². The normalized spacial score (nSPS) is 17.7. The summed E-state index contributed by atoms with van der Waals surface area (Å²) < 4.78 is 42.7. The molecule has 1 heterocycles. The fourth-order valence-electron chi connectivity index (χ4n) is 9.76. The van der Waals surface area contributed by atoms with Crippen molar-refractivity contribution >= 4 is 35.8 Å². The molecule has 16 heteroatoms. The van der Waals surface area contributed by atoms with Crippen LogP contribution in [-0.2, 0) is 47.5 Å². The average Bonchev–Trinajstić information content (AvgIpc) is 3.68. The summed E-state index contributed by atoms with van der Waals surface area (Å²) in [6.07, 6.45) is 23.4. The van der Waals surface area contributed by atoms with Crippen LogP contribution in [0.15, 0.2) is 103 Å². The first-order valence-electron chi connectivity index (χ1n) is 30.1. The van der Waals surface area contributed by atoms with Crippen LogP contribution in [0.3, 0.4) is 0 Å². The van der Waals surface area contributed by atoms with E-state index in [1.54, 1.807) is 72.8 Å². The number of carboxylic acids is 2. The molecular formula is C65H93NO15. The van der Waals surface area contributed by atoms with E-state index in [0.29, 0.717) is 12.8 Å². The summed E-state index contributed by atoms with van der Waals surface area (Å²) in [7, 11) is 0. The van der Waals surface area contributed by atoms with E-state index in [2.05, 4.69) is 19.2 Å². The maximum Gasteiger partial charge on any atom is 0.338 e. The molecule has 0 spiro atoms. The average molecular weight is 1130 g/mol. The van der Waals surface area contributed by atoms with E-state index >= 15 is 0 Å². The predicted octanol–water partition coefficient (Wildman–Crippen LogP) is 13.2. The first-order valence-corrected chi connectivity index (χ1v) is 30.1. The fourth-order valence-corrected chi connectivity index (χ4v) is 9.76. The molecule has 81 heavy (non-hydrogen) atoms. The molecule has 1 saturated heterocycles. The van der Waals surface area contributed by atoms with Gasteiger partial charge < -0.3 is 48.7 Å². The Morgan fingerprint density at radius 2 is 0.951 bits per heavy atom. The lowest BCUT2D eigenvalue weighted by molar-refractivity contribution is -0.313. The molecular weight excluding hydrogens is 1030 g/mol. The summed E-state index contributed by atoms with van der Waals surface area (Å²) in [5.41, 5.74) is 0.577. The number of esters is 3. The van der Waals surface area contributed by atoms with E-state index in [4.69, 9.17) is 33.2 Å². The quantitative estimate of drug-likeness (QED) is 0.0207. The van der Waals surface area contributed by atoms with Crippen LogP contribution in [0.25, 0.3) is 0 Å². The molecule has 0 bridgehead atoms. The van der Waals surface area contributed by atoms with Gasteiger partial charge >= 0.3 is 29.8 Å². The van der Waals surface area contributed by atoms with Gasteiger partial charge in [-0.3, -0.25) is 4.79 Å². The van der Waals surface area contributed by atoms with Gasteiger partial charge in [0.15, 0.2) is 12.4 Å². The Kier molecular flexibility index (Phi) is 35.0. The number of allylic oxidation sites excluding steroid dienone is 1. The second-order valence-electron chi connectivity index (χ2n) is 21.1. The smallest absolute Gasteiger partial charge is 0.338 e. The van der Waals surface area contributed by atoms with Crippen LogP contribution < -0.4 is 5.32 Å². The number of carbonyl (C=O) groups is 6. The van der Waals surface area contributed by atoms with Crippen molar-refractivity contribution in [1.82, 2.24) is 5.32 Å². The summed E-state index contributed by atoms with van der Waals surface area (Å²) in [6.45, 7) is 1.55. The van der Waals surface area contributed by atoms with Crippen molar-refractivity contribution in [3.8, 4) is 0 Å². The van der Waals surface area contributed by atoms with Gasteiger partial charge in [0.1, 0.15) is 44.2 Å². The number of benzene rings is 3. The molecule has 0 aromatic heterocycles. The van der Waals surface area contributed by atoms with Crippen LogP contribution in [0.2, 0.25) is 0 Å². The van der Waals surface area contributed by atoms with E-state index < -0.39 is 99.1 Å². The third-order valence-electron chi connectivity index (χ3n) is 14.3. The van der Waals surface area contributed by atoms with E-state index in [9.17, 15) is 39.0 Å². The third-order valence-corrected chi connectivity index (χ3v) is 14.3. The minimum absolute atomic E-state index is 0.101. The number of ether oxygens (including phenoxy) is 7. The molecule has 1 aliphatic heterocycles. The zero-order valence-electron chi connectivity index (χ0n) is 48.3. The largest absolute Gasteiger partial charge is 0.480 e. The number of unbranched alkanes of at least 4 members (excludes halogenated alkanes) is 23. The summed E-state index contributed by atoms with van der Waals surface area (Å²) >= 11 is 0. The van der Waals surface area contributed by atoms with Crippen molar-refractivity contribution in [2.75, 3.05) is 26.4 Å². The molecule has 3 N–H and O–H groups in total. The van der Waals surface area contributed by atoms with E-state index in [1.807, 2.05) is 6.08 Å². The van der Waals surface area contributed by atoms with Crippen molar-refractivity contribution < 1.29 is 72.1 Å². The lowest BCUT2D eigenvalue weighted by atomic mass is 9.98. The van der Waals surface area contributed by atoms with Gasteiger partial charge in [0.05, 0.1) is 29.3 Å². The third kappa shape index (κ3) is 28.6. The van der Waals surface area contributed by atoms with Crippen molar-refractivity contribution in [2.45, 2.75) is 224 Å². The van der Waals surface area contributed by atoms with Crippen molar-refractivity contribution in [2.24, 2.45) is 0 Å². The highest BCUT2D eigenvalue weighted by molar-refractivity contribution is 5.90. The maximum atomic E-state index is 14.1. The van der Waals surface area contributed by atoms with Gasteiger partial charge in [-0.05, 0) is 61.7 Å². The minimum atomic E-state index is -1.67. The summed E-state index contributed by atoms with van der Waals surface area (Å²) in [5, 5.41) is 22.7. The highest BCUT2D eigenvalue weighted by atomic mass is 16.7. The molecule has 0 saturated carbocycles. The molecule has 4 rings (SSSR count). The van der Waals surface area contributed by atoms with Crippen molar-refractivity contribution in [1.29, 1.82) is 0 Å². The number of carbonyl (C=O) groups excluding carboxylic acids is 4. The lowest BCUT2D eigenvalue weighted by Gasteiger charge is -2.45. The number of hydrogen-bond acceptors (Lipinski definition) is 13. The number of rotatable bonds is 45. The number of nitrogens with one attached hydrogen (secondary N) is 1. The predicted molar refractivity (Wildman–Crippen MR) is 310 cm³/mol. The first kappa shape index (κ1) is 67.6. The molecule has 0 unspecified atom stereocenters. The van der Waals surface area contributed by atoms with Crippen LogP contribution in [0.1, 0.15) is 212 Å². The summed E-state index contributed by atoms with van der Waals surface area (Å²) in [5.74, 6) is -5.43. The van der Waals surface area contributed by atoms with Gasteiger partial charge in [-0.2, -0.15) is 0 Å². The molecule has 1 amide bonds. The second-order valence-corrected chi connectivity index (χ2v) is 21.1. The highest BCUT2D eigenvalue weighted by Gasteiger charge is 2.51. The monoisotopic (exact) mass is 1130 g/mol. The first-order chi connectivity index (χ1) is 39.5. The molecule has 0 radical (unpaired) electrons. The maximum absolute atomic E-state index is 14.1. The summed E-state index contributed by atoms with van der Waals surface area (Å²) in [6, 6.07) is 23.4. The lowest BCUT2D eigenvalue weighted by Crippen LogP contribution is -2.63. The Hall–Kier alpha value is -5.94. The SMILES string of the molecule is CCCCCCCCCCCCCC=C[C@@H](OC(=O)c1ccccc1)[C@H](CO[C@H]1O[C@H](COC(=O)c2ccccc2)[C@H](OCC(=O)O)[C@H](OCC(=O)O)[C@H]1OC(=O)c1ccccc1)NC(=O)CCCCCCCCCCCCCCC. The second kappa shape index (κ2) is 42.0. The van der Waals surface area contributed by atoms with Crippen LogP contribution in [0.5, 0.6) is 0 Å². The van der Waals surface area contributed by atoms with Crippen LogP contribution in [0, 0.1) is 0 Å². The number of aliphatic carboxylic acids is 2. The number of carboxylic acid groups (broad SMARTS) is 2. The molecule has 448 valence electrons. The fraction of sp³-hybridized carbons (Fsp3) is 0.600. The van der Waals surface area contributed by atoms with E-state index in [-0.39, 0.29) is 29.0 Å². The van der Waals surface area contributed by atoms with Crippen LogP contribution >= 0.6 is 0 Å². The van der Waals surface area contributed by atoms with Gasteiger partial charge in [0.25, 0.3) is 0 Å². The van der Waals surface area contributed by atoms with E-state index in [1.165, 1.54) is 121 Å². The van der Waals surface area contributed by atoms with Gasteiger partial charge in [-0.15, -0.1) is 0 Å². The van der Waals surface area contributed by atoms with Gasteiger partial charge in [0, 0.05) is 6.42 Å². The molecule has 1 fully saturated rings. The molecule has 3 aromatic carbocycles. The summed E-state index contributed by atoms with van der Waals surface area (Å²) in [4.78, 5) is 79.4. The van der Waals surface area contributed by atoms with E-state index in [0.717, 1.165) is 51.4 Å². The van der Waals surface area contributed by atoms with Gasteiger partial charge in [-0.25, -0.2) is 24.0 Å². The Balaban J connectivity index is 1.63. The zero-order valence-corrected chi connectivity index (χ0v) is 48.3. The standard InChI is InChI=1S/C65H93NO15/c1-3-5-7-9-11-13-15-17-19-21-23-25-36-44-54(79-63(73)51-40-32-28-33-41-51)53(66-56(67)45-37-26-24-22-20-18-16-14-12-10-8-6-4-2)46-78-65-61(81-64(74)52-42-34-29-35-43-52)60(76-49-58(70)71)59(75-48-57(68)69)55(80-65)47-77-62(72)50-38-30-27-31-39-50/h27-36,38-44,53-55,59-61,65H,3-26,37,45-49H2,1-2H3,(H,66,67)(H,68,69)(H,70,71)/t53-,54+,55+,59-,60-,61+,65-/m0/s1. The van der Waals surface area contributed by atoms with Crippen molar-refractivity contribution in [3.63, 3.8) is 0 Å². The Morgan fingerprint density at radius 3 is 1.43 bits per heavy atom. The molecule has 3 aromatic rings. The molecule has 1 aliphatic rings. The molecule has 7 atom stereocenters. The highest BCUT2D eigenvalue weighted by Crippen LogP contribution is 2.31. The topological polar surface area (TPSA) is 220 Å². The van der Waals surface area contributed by atoms with Crippen molar-refractivity contribution in [3.05, 3.63) is 120 Å². The minimum Gasteiger partial charge on any atom is -0.480 e. The zero-order chi connectivity index (χ0) is 58.1. The molecule has 0 aliphatic carbocycles. The number of amides is 1. The molecule has 16 nitrogen and oxygen atoms in total. The van der Waals surface area contributed by atoms with Crippen LogP contribution in [-0.4, -0.2) is 115 Å². The van der Waals surface area contributed by atoms with Crippen LogP contribution in [0.4, 0.5) is 0 Å².